The number of nitro groups is 1. The van der Waals surface area contributed by atoms with Gasteiger partial charge < -0.3 is 10.1 Å². The Morgan fingerprint density at radius 2 is 2.00 bits per heavy atom. The van der Waals surface area contributed by atoms with E-state index in [4.69, 9.17) is 4.74 Å². The first-order valence-electron chi connectivity index (χ1n) is 6.50. The van der Waals surface area contributed by atoms with E-state index in [2.05, 4.69) is 5.32 Å². The Hall–Kier alpha value is -2.82. The molecule has 0 spiro atoms. The van der Waals surface area contributed by atoms with Gasteiger partial charge in [0.15, 0.2) is 0 Å². The highest BCUT2D eigenvalue weighted by Gasteiger charge is 2.09. The van der Waals surface area contributed by atoms with Crippen LogP contribution < -0.4 is 10.1 Å². The highest BCUT2D eigenvalue weighted by molar-refractivity contribution is 5.56. The van der Waals surface area contributed by atoms with E-state index in [1.807, 2.05) is 42.5 Å². The fourth-order valence-electron chi connectivity index (χ4n) is 1.81. The molecule has 0 unspecified atom stereocenters. The summed E-state index contributed by atoms with van der Waals surface area (Å²) in [4.78, 5) is 10.4. The van der Waals surface area contributed by atoms with Gasteiger partial charge in [0, 0.05) is 24.9 Å². The van der Waals surface area contributed by atoms with Crippen molar-refractivity contribution in [1.29, 1.82) is 0 Å². The fraction of sp³-hybridized carbons (Fsp3) is 0.125. The Bertz CT molecular complexity index is 639. The van der Waals surface area contributed by atoms with Crippen LogP contribution in [0.25, 0.3) is 6.08 Å². The second-order valence-corrected chi connectivity index (χ2v) is 4.35. The SMILES string of the molecule is CNc1cc(OC/C=C/c2ccccc2)cc([N+](=O)[O-])c1. The maximum atomic E-state index is 10.8. The van der Waals surface area contributed by atoms with Gasteiger partial charge in [-0.05, 0) is 11.6 Å². The Morgan fingerprint density at radius 3 is 2.67 bits per heavy atom. The van der Waals surface area contributed by atoms with Crippen LogP contribution in [-0.4, -0.2) is 18.6 Å². The van der Waals surface area contributed by atoms with Crippen LogP contribution in [0.2, 0.25) is 0 Å². The van der Waals surface area contributed by atoms with Gasteiger partial charge >= 0.3 is 0 Å². The van der Waals surface area contributed by atoms with Crippen molar-refractivity contribution in [3.63, 3.8) is 0 Å². The molecule has 108 valence electrons. The predicted octanol–water partition coefficient (Wildman–Crippen LogP) is 3.73. The second-order valence-electron chi connectivity index (χ2n) is 4.35. The second kappa shape index (κ2) is 7.09. The van der Waals surface area contributed by atoms with E-state index in [0.29, 0.717) is 18.0 Å². The molecule has 1 N–H and O–H groups in total. The minimum Gasteiger partial charge on any atom is -0.489 e. The molecule has 21 heavy (non-hydrogen) atoms. The van der Waals surface area contributed by atoms with Gasteiger partial charge in [0.05, 0.1) is 11.0 Å². The standard InChI is InChI=1S/C16H16N2O3/c1-17-14-10-15(18(19)20)12-16(11-14)21-9-5-8-13-6-3-2-4-7-13/h2-8,10-12,17H,9H2,1H3/b8-5+. The number of hydrogen-bond donors (Lipinski definition) is 1. The van der Waals surface area contributed by atoms with Crippen molar-refractivity contribution in [3.8, 4) is 5.75 Å². The van der Waals surface area contributed by atoms with Gasteiger partial charge in [-0.25, -0.2) is 0 Å². The summed E-state index contributed by atoms with van der Waals surface area (Å²) in [6.07, 6.45) is 3.81. The zero-order chi connectivity index (χ0) is 15.1. The summed E-state index contributed by atoms with van der Waals surface area (Å²) in [5.74, 6) is 0.464. The molecule has 0 radical (unpaired) electrons. The lowest BCUT2D eigenvalue weighted by Gasteiger charge is -2.06. The van der Waals surface area contributed by atoms with E-state index in [0.717, 1.165) is 5.56 Å². The van der Waals surface area contributed by atoms with E-state index in [1.165, 1.54) is 12.1 Å². The maximum absolute atomic E-state index is 10.8. The summed E-state index contributed by atoms with van der Waals surface area (Å²) in [5, 5.41) is 13.7. The number of rotatable bonds is 6. The minimum absolute atomic E-state index is 0.00360. The zero-order valence-electron chi connectivity index (χ0n) is 11.7. The summed E-state index contributed by atoms with van der Waals surface area (Å²) in [6.45, 7) is 0.346. The molecule has 5 heteroatoms. The molecule has 0 saturated carbocycles. The van der Waals surface area contributed by atoms with Crippen LogP contribution >= 0.6 is 0 Å². The Labute approximate surface area is 123 Å². The number of nitro benzene ring substituents is 1. The lowest BCUT2D eigenvalue weighted by Crippen LogP contribution is -1.97. The summed E-state index contributed by atoms with van der Waals surface area (Å²) in [6, 6.07) is 14.5. The van der Waals surface area contributed by atoms with Crippen molar-refractivity contribution in [2.45, 2.75) is 0 Å². The molecule has 0 saturated heterocycles. The van der Waals surface area contributed by atoms with Crippen LogP contribution in [0.5, 0.6) is 5.75 Å². The third kappa shape index (κ3) is 4.35. The normalized spacial score (nSPS) is 10.5. The molecule has 2 aromatic rings. The van der Waals surface area contributed by atoms with Gasteiger partial charge in [0.2, 0.25) is 0 Å². The summed E-state index contributed by atoms with van der Waals surface area (Å²) >= 11 is 0. The van der Waals surface area contributed by atoms with Gasteiger partial charge in [0.25, 0.3) is 5.69 Å². The maximum Gasteiger partial charge on any atom is 0.275 e. The highest BCUT2D eigenvalue weighted by atomic mass is 16.6. The molecular weight excluding hydrogens is 268 g/mol. The van der Waals surface area contributed by atoms with Crippen molar-refractivity contribution in [1.82, 2.24) is 0 Å². The molecule has 5 nitrogen and oxygen atoms in total. The number of anilines is 1. The molecule has 0 aliphatic rings. The van der Waals surface area contributed by atoms with E-state index in [9.17, 15) is 10.1 Å². The number of hydrogen-bond acceptors (Lipinski definition) is 4. The number of ether oxygens (including phenoxy) is 1. The molecule has 2 aromatic carbocycles. The molecule has 0 aliphatic heterocycles. The lowest BCUT2D eigenvalue weighted by atomic mass is 10.2. The average Bonchev–Trinajstić information content (AvgIpc) is 2.52. The third-order valence-corrected chi connectivity index (χ3v) is 2.85. The first kappa shape index (κ1) is 14.6. The quantitative estimate of drug-likeness (QED) is 0.648. The Balaban J connectivity index is 2.01. The number of nitrogens with one attached hydrogen (secondary N) is 1. The van der Waals surface area contributed by atoms with Crippen molar-refractivity contribution in [2.75, 3.05) is 19.0 Å². The van der Waals surface area contributed by atoms with Crippen LogP contribution in [0.15, 0.2) is 54.6 Å². The van der Waals surface area contributed by atoms with E-state index < -0.39 is 4.92 Å². The highest BCUT2D eigenvalue weighted by Crippen LogP contribution is 2.25. The van der Waals surface area contributed by atoms with Gasteiger partial charge in [0.1, 0.15) is 12.4 Å². The van der Waals surface area contributed by atoms with Crippen LogP contribution in [0.3, 0.4) is 0 Å². The summed E-state index contributed by atoms with van der Waals surface area (Å²) in [7, 11) is 1.71. The van der Waals surface area contributed by atoms with Crippen LogP contribution in [-0.2, 0) is 0 Å². The van der Waals surface area contributed by atoms with Gasteiger partial charge in [-0.2, -0.15) is 0 Å². The molecule has 0 amide bonds. The smallest absolute Gasteiger partial charge is 0.275 e. The van der Waals surface area contributed by atoms with Crippen molar-refractivity contribution >= 4 is 17.5 Å². The average molecular weight is 284 g/mol. The van der Waals surface area contributed by atoms with Crippen LogP contribution in [0.4, 0.5) is 11.4 Å². The molecule has 0 aromatic heterocycles. The molecule has 2 rings (SSSR count). The lowest BCUT2D eigenvalue weighted by molar-refractivity contribution is -0.384. The van der Waals surface area contributed by atoms with Crippen molar-refractivity contribution in [2.24, 2.45) is 0 Å². The molecule has 0 heterocycles. The molecule has 0 aliphatic carbocycles. The molecule has 0 bridgehead atoms. The molecular formula is C16H16N2O3. The van der Waals surface area contributed by atoms with Gasteiger partial charge in [-0.15, -0.1) is 0 Å². The van der Waals surface area contributed by atoms with E-state index >= 15 is 0 Å². The number of non-ortho nitro benzene ring substituents is 1. The first-order valence-corrected chi connectivity index (χ1v) is 6.50. The fourth-order valence-corrected chi connectivity index (χ4v) is 1.81. The zero-order valence-corrected chi connectivity index (χ0v) is 11.7. The monoisotopic (exact) mass is 284 g/mol. The predicted molar refractivity (Wildman–Crippen MR) is 83.6 cm³/mol. The van der Waals surface area contributed by atoms with Crippen molar-refractivity contribution in [3.05, 3.63) is 70.3 Å². The van der Waals surface area contributed by atoms with Gasteiger partial charge in [-0.3, -0.25) is 10.1 Å². The van der Waals surface area contributed by atoms with E-state index in [-0.39, 0.29) is 5.69 Å². The number of nitrogens with zero attached hydrogens (tertiary/aromatic N) is 1. The van der Waals surface area contributed by atoms with Crippen LogP contribution in [0, 0.1) is 10.1 Å². The van der Waals surface area contributed by atoms with Gasteiger partial charge in [-0.1, -0.05) is 36.4 Å². The summed E-state index contributed by atoms with van der Waals surface area (Å²) in [5.41, 5.74) is 1.73. The minimum atomic E-state index is -0.437. The third-order valence-electron chi connectivity index (χ3n) is 2.85. The molecule has 0 fully saturated rings. The number of benzene rings is 2. The molecule has 0 atom stereocenters. The largest absolute Gasteiger partial charge is 0.489 e. The summed E-state index contributed by atoms with van der Waals surface area (Å²) < 4.78 is 5.53. The topological polar surface area (TPSA) is 64.4 Å². The van der Waals surface area contributed by atoms with Crippen LogP contribution in [0.1, 0.15) is 5.56 Å². The van der Waals surface area contributed by atoms with E-state index in [1.54, 1.807) is 13.1 Å². The Morgan fingerprint density at radius 1 is 1.24 bits per heavy atom. The Kier molecular flexibility index (Phi) is 4.93. The first-order chi connectivity index (χ1) is 10.2. The van der Waals surface area contributed by atoms with Crippen molar-refractivity contribution < 1.29 is 9.66 Å².